The lowest BCUT2D eigenvalue weighted by molar-refractivity contribution is -0.101. The second-order valence-corrected chi connectivity index (χ2v) is 9.63. The van der Waals surface area contributed by atoms with Crippen molar-refractivity contribution in [2.24, 2.45) is 5.92 Å². The minimum Gasteiger partial charge on any atom is -0.493 e. The Kier molecular flexibility index (Phi) is 5.30. The number of hydrogen-bond donors (Lipinski definition) is 0. The van der Waals surface area contributed by atoms with E-state index in [0.717, 1.165) is 29.2 Å². The summed E-state index contributed by atoms with van der Waals surface area (Å²) in [6, 6.07) is 7.89. The van der Waals surface area contributed by atoms with Gasteiger partial charge in [0, 0.05) is 29.2 Å². The first kappa shape index (κ1) is 20.6. The van der Waals surface area contributed by atoms with Gasteiger partial charge in [0.05, 0.1) is 32.1 Å². The molecular weight excluding hydrogens is 394 g/mol. The highest BCUT2D eigenvalue weighted by Gasteiger charge is 2.34. The van der Waals surface area contributed by atoms with Gasteiger partial charge in [0.2, 0.25) is 0 Å². The van der Waals surface area contributed by atoms with E-state index in [1.54, 1.807) is 6.07 Å². The zero-order chi connectivity index (χ0) is 21.6. The van der Waals surface area contributed by atoms with Gasteiger partial charge >= 0.3 is 0 Å². The van der Waals surface area contributed by atoms with Crippen LogP contribution in [0.25, 0.3) is 11.3 Å². The largest absolute Gasteiger partial charge is 0.493 e. The van der Waals surface area contributed by atoms with Gasteiger partial charge in [0.1, 0.15) is 24.2 Å². The third kappa shape index (κ3) is 4.11. The Bertz CT molecular complexity index is 1030. The van der Waals surface area contributed by atoms with E-state index >= 15 is 0 Å². The summed E-state index contributed by atoms with van der Waals surface area (Å²) in [6.07, 6.45) is 2.43. The maximum atomic E-state index is 13.0. The van der Waals surface area contributed by atoms with Crippen LogP contribution in [0.5, 0.6) is 11.5 Å². The SMILES string of the molecule is Cc1c(OC[C@@H]2COCCO2)cc(=O)n2c1-c1ccc(OCC3CC3)cc1C(C)(C)C2. The third-order valence-electron chi connectivity index (χ3n) is 6.54. The summed E-state index contributed by atoms with van der Waals surface area (Å²) in [5.41, 5.74) is 3.99. The average molecular weight is 426 g/mol. The van der Waals surface area contributed by atoms with Crippen molar-refractivity contribution in [1.29, 1.82) is 0 Å². The molecule has 2 aromatic rings. The monoisotopic (exact) mass is 425 g/mol. The maximum Gasteiger partial charge on any atom is 0.254 e. The first-order chi connectivity index (χ1) is 14.9. The lowest BCUT2D eigenvalue weighted by Gasteiger charge is -2.36. The fraction of sp³-hybridized carbons (Fsp3) is 0.560. The van der Waals surface area contributed by atoms with Crippen molar-refractivity contribution in [2.45, 2.75) is 51.7 Å². The standard InChI is InChI=1S/C25H31NO5/c1-16-22(31-14-19-13-28-8-9-29-19)11-23(27)26-15-25(2,3)21-10-18(30-12-17-4-5-17)6-7-20(21)24(16)26/h6-7,10-11,17,19H,4-5,8-9,12-15H2,1-3H3/t19-/m0/s1. The second-order valence-electron chi connectivity index (χ2n) is 9.63. The molecule has 166 valence electrons. The van der Waals surface area contributed by atoms with E-state index in [2.05, 4.69) is 26.0 Å². The Labute approximate surface area is 183 Å². The van der Waals surface area contributed by atoms with Gasteiger partial charge in [-0.2, -0.15) is 0 Å². The average Bonchev–Trinajstić information content (AvgIpc) is 3.59. The molecule has 3 aliphatic rings. The van der Waals surface area contributed by atoms with Crippen LogP contribution < -0.4 is 15.0 Å². The zero-order valence-electron chi connectivity index (χ0n) is 18.6. The van der Waals surface area contributed by atoms with Crippen LogP contribution in [-0.2, 0) is 21.4 Å². The van der Waals surface area contributed by atoms with Crippen LogP contribution in [0.4, 0.5) is 0 Å². The molecule has 0 bridgehead atoms. The van der Waals surface area contributed by atoms with Gasteiger partial charge in [-0.3, -0.25) is 4.79 Å². The molecule has 3 heterocycles. The van der Waals surface area contributed by atoms with Crippen molar-refractivity contribution in [3.63, 3.8) is 0 Å². The molecular formula is C25H31NO5. The summed E-state index contributed by atoms with van der Waals surface area (Å²) in [5.74, 6) is 2.24. The number of aromatic nitrogens is 1. The van der Waals surface area contributed by atoms with E-state index in [1.807, 2.05) is 17.6 Å². The molecule has 6 nitrogen and oxygen atoms in total. The van der Waals surface area contributed by atoms with Crippen LogP contribution in [-0.4, -0.2) is 43.7 Å². The summed E-state index contributed by atoms with van der Waals surface area (Å²) in [5, 5.41) is 0. The highest BCUT2D eigenvalue weighted by molar-refractivity contribution is 5.73. The second kappa shape index (κ2) is 7.99. The van der Waals surface area contributed by atoms with Gasteiger partial charge in [-0.25, -0.2) is 0 Å². The number of fused-ring (bicyclic) bond motifs is 3. The summed E-state index contributed by atoms with van der Waals surface area (Å²) in [7, 11) is 0. The number of nitrogens with zero attached hydrogens (tertiary/aromatic N) is 1. The van der Waals surface area contributed by atoms with E-state index < -0.39 is 0 Å². The number of hydrogen-bond acceptors (Lipinski definition) is 5. The van der Waals surface area contributed by atoms with E-state index in [4.69, 9.17) is 18.9 Å². The fourth-order valence-electron chi connectivity index (χ4n) is 4.56. The number of ether oxygens (including phenoxy) is 4. The minimum atomic E-state index is -0.173. The number of benzene rings is 1. The molecule has 1 atom stereocenters. The van der Waals surface area contributed by atoms with Crippen LogP contribution in [0.3, 0.4) is 0 Å². The van der Waals surface area contributed by atoms with Crippen LogP contribution in [0.15, 0.2) is 29.1 Å². The van der Waals surface area contributed by atoms with Crippen molar-refractivity contribution in [3.8, 4) is 22.8 Å². The highest BCUT2D eigenvalue weighted by atomic mass is 16.6. The Morgan fingerprint density at radius 2 is 1.97 bits per heavy atom. The molecule has 5 rings (SSSR count). The molecule has 0 N–H and O–H groups in total. The van der Waals surface area contributed by atoms with Gasteiger partial charge in [-0.05, 0) is 49.4 Å². The molecule has 0 radical (unpaired) electrons. The Hall–Kier alpha value is -2.31. The van der Waals surface area contributed by atoms with E-state index in [1.165, 1.54) is 18.4 Å². The Morgan fingerprint density at radius 3 is 2.71 bits per heavy atom. The predicted octanol–water partition coefficient (Wildman–Crippen LogP) is 3.70. The lowest BCUT2D eigenvalue weighted by atomic mass is 9.77. The summed E-state index contributed by atoms with van der Waals surface area (Å²) in [6.45, 7) is 9.90. The maximum absolute atomic E-state index is 13.0. The first-order valence-corrected chi connectivity index (χ1v) is 11.3. The molecule has 1 aliphatic carbocycles. The molecule has 1 aromatic heterocycles. The zero-order valence-corrected chi connectivity index (χ0v) is 18.6. The quantitative estimate of drug-likeness (QED) is 0.706. The highest BCUT2D eigenvalue weighted by Crippen LogP contribution is 2.43. The molecule has 1 aromatic carbocycles. The molecule has 0 unspecified atom stereocenters. The van der Waals surface area contributed by atoms with Crippen molar-refractivity contribution in [2.75, 3.05) is 33.0 Å². The summed E-state index contributed by atoms with van der Waals surface area (Å²) >= 11 is 0. The van der Waals surface area contributed by atoms with Gasteiger partial charge < -0.3 is 23.5 Å². The fourth-order valence-corrected chi connectivity index (χ4v) is 4.56. The molecule has 6 heteroatoms. The van der Waals surface area contributed by atoms with Crippen molar-refractivity contribution < 1.29 is 18.9 Å². The molecule has 2 aliphatic heterocycles. The van der Waals surface area contributed by atoms with Crippen LogP contribution in [0.2, 0.25) is 0 Å². The predicted molar refractivity (Wildman–Crippen MR) is 118 cm³/mol. The van der Waals surface area contributed by atoms with Gasteiger partial charge in [-0.15, -0.1) is 0 Å². The Balaban J connectivity index is 1.48. The lowest BCUT2D eigenvalue weighted by Crippen LogP contribution is -2.37. The smallest absolute Gasteiger partial charge is 0.254 e. The topological polar surface area (TPSA) is 58.9 Å². The summed E-state index contributed by atoms with van der Waals surface area (Å²) < 4.78 is 25.1. The number of rotatable bonds is 6. The molecule has 0 spiro atoms. The molecule has 31 heavy (non-hydrogen) atoms. The Morgan fingerprint density at radius 1 is 1.13 bits per heavy atom. The molecule has 1 saturated heterocycles. The van der Waals surface area contributed by atoms with Crippen molar-refractivity contribution >= 4 is 0 Å². The molecule has 0 amide bonds. The third-order valence-corrected chi connectivity index (χ3v) is 6.54. The van der Waals surface area contributed by atoms with Crippen molar-refractivity contribution in [3.05, 3.63) is 45.7 Å². The van der Waals surface area contributed by atoms with Crippen molar-refractivity contribution in [1.82, 2.24) is 4.57 Å². The van der Waals surface area contributed by atoms with Gasteiger partial charge in [-0.1, -0.05) is 13.8 Å². The van der Waals surface area contributed by atoms with Gasteiger partial charge in [0.25, 0.3) is 5.56 Å². The molecule has 2 fully saturated rings. The van der Waals surface area contributed by atoms with Crippen LogP contribution in [0, 0.1) is 12.8 Å². The van der Waals surface area contributed by atoms with Crippen LogP contribution in [0.1, 0.15) is 37.8 Å². The normalized spacial score (nSPS) is 21.8. The summed E-state index contributed by atoms with van der Waals surface area (Å²) in [4.78, 5) is 13.0. The van der Waals surface area contributed by atoms with Crippen LogP contribution >= 0.6 is 0 Å². The van der Waals surface area contributed by atoms with Gasteiger partial charge in [0.15, 0.2) is 0 Å². The number of pyridine rings is 1. The van der Waals surface area contributed by atoms with E-state index in [-0.39, 0.29) is 17.1 Å². The first-order valence-electron chi connectivity index (χ1n) is 11.3. The molecule has 1 saturated carbocycles. The van der Waals surface area contributed by atoms with E-state index in [0.29, 0.717) is 44.6 Å². The van der Waals surface area contributed by atoms with E-state index in [9.17, 15) is 4.79 Å². The minimum absolute atomic E-state index is 0.0378.